The van der Waals surface area contributed by atoms with Crippen LogP contribution in [-0.2, 0) is 16.2 Å². The predicted molar refractivity (Wildman–Crippen MR) is 155 cm³/mol. The van der Waals surface area contributed by atoms with Gasteiger partial charge in [-0.25, -0.2) is 0 Å². The van der Waals surface area contributed by atoms with Gasteiger partial charge in [0.1, 0.15) is 0 Å². The van der Waals surface area contributed by atoms with Gasteiger partial charge in [-0.05, 0) is 64.8 Å². The first-order valence-electron chi connectivity index (χ1n) is 13.4. The van der Waals surface area contributed by atoms with Crippen LogP contribution in [0.3, 0.4) is 0 Å². The number of fused-ring (bicyclic) bond motifs is 3. The fourth-order valence-electron chi connectivity index (χ4n) is 6.10. The van der Waals surface area contributed by atoms with Crippen LogP contribution >= 0.6 is 0 Å². The van der Waals surface area contributed by atoms with Crippen LogP contribution in [0.2, 0.25) is 0 Å². The molecule has 0 aromatic heterocycles. The molecule has 0 aliphatic heterocycles. The highest BCUT2D eigenvalue weighted by atomic mass is 14.4. The minimum Gasteiger partial charge on any atom is -0.0642 e. The molecule has 0 heterocycles. The van der Waals surface area contributed by atoms with E-state index in [1.54, 1.807) is 0 Å². The zero-order valence-corrected chi connectivity index (χ0v) is 23.3. The fraction of sp³-hybridized carbons (Fsp3) is 0.333. The van der Waals surface area contributed by atoms with Crippen molar-refractivity contribution in [2.24, 2.45) is 0 Å². The molecule has 5 rings (SSSR count). The second-order valence-electron chi connectivity index (χ2n) is 12.2. The van der Waals surface area contributed by atoms with Crippen LogP contribution in [-0.4, -0.2) is 0 Å². The zero-order valence-electron chi connectivity index (χ0n) is 23.3. The van der Waals surface area contributed by atoms with Crippen molar-refractivity contribution in [1.82, 2.24) is 0 Å². The number of rotatable bonds is 5. The monoisotopic (exact) mass is 472 g/mol. The number of hydrogen-bond donors (Lipinski definition) is 0. The summed E-state index contributed by atoms with van der Waals surface area (Å²) in [6, 6.07) is 32.6. The first kappa shape index (κ1) is 24.6. The highest BCUT2D eigenvalue weighted by Crippen LogP contribution is 2.51. The molecule has 0 saturated heterocycles. The van der Waals surface area contributed by atoms with E-state index in [2.05, 4.69) is 140 Å². The lowest BCUT2D eigenvalue weighted by Gasteiger charge is -2.32. The molecular formula is C36H40. The van der Waals surface area contributed by atoms with E-state index in [0.29, 0.717) is 0 Å². The first-order valence-corrected chi connectivity index (χ1v) is 13.4. The maximum absolute atomic E-state index is 2.50. The molecule has 0 amide bonds. The molecule has 0 radical (unpaired) electrons. The molecule has 0 nitrogen and oxygen atoms in total. The third-order valence-electron chi connectivity index (χ3n) is 9.20. The quantitative estimate of drug-likeness (QED) is 0.271. The Morgan fingerprint density at radius 1 is 0.556 bits per heavy atom. The molecule has 4 aromatic rings. The van der Waals surface area contributed by atoms with Gasteiger partial charge in [0.2, 0.25) is 0 Å². The summed E-state index contributed by atoms with van der Waals surface area (Å²) in [5.41, 5.74) is 13.7. The van der Waals surface area contributed by atoms with E-state index in [9.17, 15) is 0 Å². The number of benzene rings is 4. The Kier molecular flexibility index (Phi) is 5.79. The summed E-state index contributed by atoms with van der Waals surface area (Å²) < 4.78 is 0. The lowest BCUT2D eigenvalue weighted by atomic mass is 9.72. The Labute approximate surface area is 218 Å². The van der Waals surface area contributed by atoms with Gasteiger partial charge < -0.3 is 0 Å². The van der Waals surface area contributed by atoms with E-state index in [1.165, 1.54) is 55.6 Å². The van der Waals surface area contributed by atoms with E-state index < -0.39 is 0 Å². The van der Waals surface area contributed by atoms with Gasteiger partial charge >= 0.3 is 0 Å². The lowest BCUT2D eigenvalue weighted by molar-refractivity contribution is 0.546. The summed E-state index contributed by atoms with van der Waals surface area (Å²) >= 11 is 0. The van der Waals surface area contributed by atoms with Gasteiger partial charge in [0.15, 0.2) is 0 Å². The maximum Gasteiger partial charge on any atom is 0.0172 e. The largest absolute Gasteiger partial charge is 0.0642 e. The average Bonchev–Trinajstić information content (AvgIpc) is 3.10. The van der Waals surface area contributed by atoms with Crippen LogP contribution in [0, 0.1) is 13.8 Å². The highest BCUT2D eigenvalue weighted by Gasteiger charge is 2.38. The Bertz CT molecular complexity index is 1410. The Morgan fingerprint density at radius 3 is 1.47 bits per heavy atom. The van der Waals surface area contributed by atoms with Gasteiger partial charge in [0, 0.05) is 16.2 Å². The number of aryl methyl sites for hydroxylation is 2. The summed E-state index contributed by atoms with van der Waals surface area (Å²) in [6.45, 7) is 18.5. The topological polar surface area (TPSA) is 0 Å². The predicted octanol–water partition coefficient (Wildman–Crippen LogP) is 9.65. The van der Waals surface area contributed by atoms with Crippen molar-refractivity contribution in [2.45, 2.75) is 78.1 Å². The van der Waals surface area contributed by atoms with E-state index in [1.807, 2.05) is 0 Å². The SMILES string of the molecule is CCC(C)(c1ccc(C)cc1)c1ccc2c(c1)C(C)(C)c1cc(C(C)(C)c3ccc(C)cc3)ccc1-2. The second kappa shape index (κ2) is 8.48. The minimum atomic E-state index is -0.0506. The molecule has 1 atom stereocenters. The molecule has 184 valence electrons. The van der Waals surface area contributed by atoms with Gasteiger partial charge in [-0.3, -0.25) is 0 Å². The second-order valence-corrected chi connectivity index (χ2v) is 12.2. The van der Waals surface area contributed by atoms with Crippen LogP contribution in [0.25, 0.3) is 11.1 Å². The van der Waals surface area contributed by atoms with E-state index in [0.717, 1.165) is 6.42 Å². The van der Waals surface area contributed by atoms with Crippen molar-refractivity contribution >= 4 is 0 Å². The van der Waals surface area contributed by atoms with Crippen molar-refractivity contribution < 1.29 is 0 Å². The Hall–Kier alpha value is -3.12. The van der Waals surface area contributed by atoms with Crippen molar-refractivity contribution in [3.63, 3.8) is 0 Å². The molecule has 0 fully saturated rings. The van der Waals surface area contributed by atoms with Gasteiger partial charge in [-0.1, -0.05) is 138 Å². The molecule has 1 aliphatic rings. The first-order chi connectivity index (χ1) is 17.0. The van der Waals surface area contributed by atoms with Crippen molar-refractivity contribution in [2.75, 3.05) is 0 Å². The molecular weight excluding hydrogens is 432 g/mol. The summed E-state index contributed by atoms with van der Waals surface area (Å²) in [6.07, 6.45) is 1.07. The third kappa shape index (κ3) is 3.74. The summed E-state index contributed by atoms with van der Waals surface area (Å²) in [5.74, 6) is 0. The van der Waals surface area contributed by atoms with Crippen molar-refractivity contribution in [3.8, 4) is 11.1 Å². The lowest BCUT2D eigenvalue weighted by Crippen LogP contribution is -2.24. The molecule has 36 heavy (non-hydrogen) atoms. The summed E-state index contributed by atoms with van der Waals surface area (Å²) in [7, 11) is 0. The highest BCUT2D eigenvalue weighted by molar-refractivity contribution is 5.81. The van der Waals surface area contributed by atoms with Gasteiger partial charge in [0.25, 0.3) is 0 Å². The average molecular weight is 473 g/mol. The fourth-order valence-corrected chi connectivity index (χ4v) is 6.10. The molecule has 0 N–H and O–H groups in total. The van der Waals surface area contributed by atoms with E-state index in [-0.39, 0.29) is 16.2 Å². The van der Waals surface area contributed by atoms with Gasteiger partial charge in [0.05, 0.1) is 0 Å². The summed E-state index contributed by atoms with van der Waals surface area (Å²) in [5, 5.41) is 0. The molecule has 0 spiro atoms. The standard InChI is InChI=1S/C36H40/c1-9-36(8,27-16-12-25(3)13-17-27)29-19-21-31-30-20-18-28(22-32(30)35(6,7)33(31)23-29)34(4,5)26-14-10-24(2)11-15-26/h10-23H,9H2,1-8H3. The van der Waals surface area contributed by atoms with Gasteiger partial charge in [-0.15, -0.1) is 0 Å². The third-order valence-corrected chi connectivity index (χ3v) is 9.20. The summed E-state index contributed by atoms with van der Waals surface area (Å²) in [4.78, 5) is 0. The molecule has 1 unspecified atom stereocenters. The Balaban J connectivity index is 1.59. The maximum atomic E-state index is 2.50. The molecule has 0 saturated carbocycles. The molecule has 4 aromatic carbocycles. The van der Waals surface area contributed by atoms with Crippen LogP contribution in [0.1, 0.15) is 92.5 Å². The van der Waals surface area contributed by atoms with Crippen LogP contribution in [0.15, 0.2) is 84.9 Å². The molecule has 0 heteroatoms. The van der Waals surface area contributed by atoms with E-state index >= 15 is 0 Å². The number of hydrogen-bond acceptors (Lipinski definition) is 0. The molecule has 0 bridgehead atoms. The smallest absolute Gasteiger partial charge is 0.0172 e. The van der Waals surface area contributed by atoms with Crippen LogP contribution < -0.4 is 0 Å². The van der Waals surface area contributed by atoms with Gasteiger partial charge in [-0.2, -0.15) is 0 Å². The normalized spacial score (nSPS) is 15.8. The van der Waals surface area contributed by atoms with Crippen LogP contribution in [0.5, 0.6) is 0 Å². The van der Waals surface area contributed by atoms with Crippen molar-refractivity contribution in [3.05, 3.63) is 129 Å². The zero-order chi connectivity index (χ0) is 25.9. The Morgan fingerprint density at radius 2 is 0.972 bits per heavy atom. The van der Waals surface area contributed by atoms with Crippen LogP contribution in [0.4, 0.5) is 0 Å². The molecule has 1 aliphatic carbocycles. The minimum absolute atomic E-state index is 0.00776. The van der Waals surface area contributed by atoms with Crippen molar-refractivity contribution in [1.29, 1.82) is 0 Å². The van der Waals surface area contributed by atoms with E-state index in [4.69, 9.17) is 0 Å².